The van der Waals surface area contributed by atoms with Gasteiger partial charge in [-0.25, -0.2) is 0 Å². The van der Waals surface area contributed by atoms with E-state index in [9.17, 15) is 18.0 Å². The number of carbonyl (C=O) groups excluding carboxylic acids is 1. The number of hydrogen-bond acceptors (Lipinski definition) is 2. The van der Waals surface area contributed by atoms with Crippen LogP contribution in [-0.4, -0.2) is 14.8 Å². The van der Waals surface area contributed by atoms with Crippen LogP contribution in [0.25, 0.3) is 27.5 Å². The molecule has 8 heteroatoms. The second-order valence-electron chi connectivity index (χ2n) is 5.76. The van der Waals surface area contributed by atoms with Crippen molar-refractivity contribution in [1.82, 2.24) is 9.55 Å². The highest BCUT2D eigenvalue weighted by atomic mass is 35.5. The molecule has 0 saturated heterocycles. The molecule has 0 spiro atoms. The molecule has 0 atom stereocenters. The van der Waals surface area contributed by atoms with Gasteiger partial charge in [0.25, 0.3) is 5.24 Å². The number of benzene rings is 2. The number of halogens is 5. The Bertz CT molecular complexity index is 1170. The minimum Gasteiger partial charge on any atom is -0.315 e. The number of rotatable bonds is 2. The van der Waals surface area contributed by atoms with Gasteiger partial charge in [-0.3, -0.25) is 9.78 Å². The molecular weight excluding hydrogens is 400 g/mol. The molecule has 0 radical (unpaired) electrons. The molecule has 3 nitrogen and oxygen atoms in total. The third kappa shape index (κ3) is 3.26. The quantitative estimate of drug-likeness (QED) is 0.380. The molecule has 0 aliphatic carbocycles. The average molecular weight is 411 g/mol. The Labute approximate surface area is 162 Å². The van der Waals surface area contributed by atoms with Gasteiger partial charge >= 0.3 is 6.18 Å². The summed E-state index contributed by atoms with van der Waals surface area (Å²) in [6.45, 7) is 0. The van der Waals surface area contributed by atoms with E-state index in [1.54, 1.807) is 29.0 Å². The van der Waals surface area contributed by atoms with E-state index in [2.05, 4.69) is 4.98 Å². The Hall–Kier alpha value is -2.57. The van der Waals surface area contributed by atoms with Crippen molar-refractivity contribution in [3.05, 3.63) is 72.1 Å². The molecule has 0 fully saturated rings. The van der Waals surface area contributed by atoms with E-state index >= 15 is 0 Å². The predicted molar refractivity (Wildman–Crippen MR) is 101 cm³/mol. The van der Waals surface area contributed by atoms with Gasteiger partial charge in [-0.2, -0.15) is 13.2 Å². The van der Waals surface area contributed by atoms with Gasteiger partial charge in [0, 0.05) is 23.2 Å². The molecule has 0 amide bonds. The summed E-state index contributed by atoms with van der Waals surface area (Å²) in [7, 11) is 0. The lowest BCUT2D eigenvalue weighted by Crippen LogP contribution is -2.05. The van der Waals surface area contributed by atoms with Gasteiger partial charge in [-0.1, -0.05) is 24.3 Å². The zero-order valence-electron chi connectivity index (χ0n) is 13.5. The zero-order valence-corrected chi connectivity index (χ0v) is 15.1. The molecule has 0 saturated carbocycles. The van der Waals surface area contributed by atoms with Crippen molar-refractivity contribution in [2.24, 2.45) is 0 Å². The number of nitrogens with zero attached hydrogens (tertiary/aromatic N) is 2. The van der Waals surface area contributed by atoms with Gasteiger partial charge in [0.15, 0.2) is 0 Å². The lowest BCUT2D eigenvalue weighted by molar-refractivity contribution is -0.137. The molecule has 2 heterocycles. The highest BCUT2D eigenvalue weighted by Gasteiger charge is 2.30. The van der Waals surface area contributed by atoms with Crippen LogP contribution in [0.3, 0.4) is 0 Å². The van der Waals surface area contributed by atoms with Crippen LogP contribution in [-0.2, 0) is 6.18 Å². The fourth-order valence-corrected chi connectivity index (χ4v) is 3.21. The number of aromatic nitrogens is 2. The SMILES string of the molecule is Cl.O=C(Cl)c1cn(-c2ccnc3cc(C(F)(F)F)ccc23)c2ccccc12. The van der Waals surface area contributed by atoms with Crippen LogP contribution in [0.15, 0.2) is 60.9 Å². The van der Waals surface area contributed by atoms with Crippen LogP contribution in [0.1, 0.15) is 15.9 Å². The molecule has 2 aromatic carbocycles. The van der Waals surface area contributed by atoms with E-state index < -0.39 is 17.0 Å². The van der Waals surface area contributed by atoms with Gasteiger partial charge < -0.3 is 4.57 Å². The van der Waals surface area contributed by atoms with Crippen LogP contribution in [0.2, 0.25) is 0 Å². The molecule has 4 aromatic rings. The summed E-state index contributed by atoms with van der Waals surface area (Å²) in [6, 6.07) is 12.3. The van der Waals surface area contributed by atoms with Crippen LogP contribution in [0.4, 0.5) is 13.2 Å². The molecule has 2 aromatic heterocycles. The lowest BCUT2D eigenvalue weighted by atomic mass is 10.1. The second-order valence-corrected chi connectivity index (χ2v) is 6.11. The first-order valence-electron chi connectivity index (χ1n) is 7.62. The number of pyridine rings is 1. The number of carbonyl (C=O) groups is 1. The molecule has 0 N–H and O–H groups in total. The Balaban J connectivity index is 0.00000210. The van der Waals surface area contributed by atoms with E-state index in [0.29, 0.717) is 22.0 Å². The number of alkyl halides is 3. The average Bonchev–Trinajstić information content (AvgIpc) is 3.00. The summed E-state index contributed by atoms with van der Waals surface area (Å²) >= 11 is 5.68. The van der Waals surface area contributed by atoms with E-state index in [0.717, 1.165) is 17.6 Å². The summed E-state index contributed by atoms with van der Waals surface area (Å²) in [5.41, 5.74) is 1.13. The van der Waals surface area contributed by atoms with Crippen LogP contribution in [0.5, 0.6) is 0 Å². The molecule has 0 unspecified atom stereocenters. The van der Waals surface area contributed by atoms with E-state index in [4.69, 9.17) is 11.6 Å². The maximum Gasteiger partial charge on any atom is 0.416 e. The fraction of sp³-hybridized carbons (Fsp3) is 0.0526. The highest BCUT2D eigenvalue weighted by Crippen LogP contribution is 2.33. The molecule has 27 heavy (non-hydrogen) atoms. The predicted octanol–water partition coefficient (Wildman–Crippen LogP) is 6.00. The number of hydrogen-bond donors (Lipinski definition) is 0. The summed E-state index contributed by atoms with van der Waals surface area (Å²) in [6.07, 6.45) is -1.41. The third-order valence-corrected chi connectivity index (χ3v) is 4.43. The van der Waals surface area contributed by atoms with Crippen molar-refractivity contribution in [1.29, 1.82) is 0 Å². The number of para-hydroxylation sites is 1. The Morgan fingerprint density at radius 2 is 1.78 bits per heavy atom. The maximum absolute atomic E-state index is 13.0. The Kier molecular flexibility index (Phi) is 4.88. The van der Waals surface area contributed by atoms with Crippen molar-refractivity contribution < 1.29 is 18.0 Å². The lowest BCUT2D eigenvalue weighted by Gasteiger charge is -2.11. The van der Waals surface area contributed by atoms with Gasteiger partial charge in [-0.15, -0.1) is 12.4 Å². The van der Waals surface area contributed by atoms with Crippen LogP contribution >= 0.6 is 24.0 Å². The van der Waals surface area contributed by atoms with Crippen LogP contribution in [0, 0.1) is 0 Å². The van der Waals surface area contributed by atoms with E-state index in [1.165, 1.54) is 12.3 Å². The molecule has 0 aliphatic rings. The van der Waals surface area contributed by atoms with E-state index in [-0.39, 0.29) is 17.9 Å². The van der Waals surface area contributed by atoms with E-state index in [1.807, 2.05) is 12.1 Å². The largest absolute Gasteiger partial charge is 0.416 e. The first-order valence-corrected chi connectivity index (χ1v) is 8.00. The fourth-order valence-electron chi connectivity index (χ4n) is 3.05. The molecule has 4 rings (SSSR count). The molecule has 0 bridgehead atoms. The van der Waals surface area contributed by atoms with Crippen LogP contribution < -0.4 is 0 Å². The van der Waals surface area contributed by atoms with Crippen molar-refractivity contribution in [2.45, 2.75) is 6.18 Å². The minimum atomic E-state index is -4.44. The smallest absolute Gasteiger partial charge is 0.315 e. The summed E-state index contributed by atoms with van der Waals surface area (Å²) in [4.78, 5) is 15.8. The monoisotopic (exact) mass is 410 g/mol. The van der Waals surface area contributed by atoms with Gasteiger partial charge in [0.2, 0.25) is 0 Å². The first-order chi connectivity index (χ1) is 12.4. The molecular formula is C19H11Cl2F3N2O. The zero-order chi connectivity index (χ0) is 18.5. The summed E-state index contributed by atoms with van der Waals surface area (Å²) in [5.74, 6) is 0. The van der Waals surface area contributed by atoms with Crippen molar-refractivity contribution in [3.63, 3.8) is 0 Å². The Morgan fingerprint density at radius 1 is 1.04 bits per heavy atom. The number of fused-ring (bicyclic) bond motifs is 2. The standard InChI is InChI=1S/C19H10ClF3N2O.ClH/c20-18(26)14-10-25(16-4-2-1-3-12(14)16)17-7-8-24-15-9-11(19(21,22)23)5-6-13(15)17;/h1-10H;1H. The Morgan fingerprint density at radius 3 is 2.48 bits per heavy atom. The topological polar surface area (TPSA) is 34.9 Å². The second kappa shape index (κ2) is 6.87. The summed E-state index contributed by atoms with van der Waals surface area (Å²) < 4.78 is 40.6. The van der Waals surface area contributed by atoms with Gasteiger partial charge in [-0.05, 0) is 35.9 Å². The highest BCUT2D eigenvalue weighted by molar-refractivity contribution is 6.68. The molecule has 0 aliphatic heterocycles. The molecule has 138 valence electrons. The maximum atomic E-state index is 13.0. The normalized spacial score (nSPS) is 11.6. The van der Waals surface area contributed by atoms with Crippen molar-refractivity contribution in [3.8, 4) is 5.69 Å². The first kappa shape index (κ1) is 19.2. The third-order valence-electron chi connectivity index (χ3n) is 4.23. The summed E-state index contributed by atoms with van der Waals surface area (Å²) in [5, 5.41) is 0.608. The van der Waals surface area contributed by atoms with Crippen molar-refractivity contribution >= 4 is 51.1 Å². The van der Waals surface area contributed by atoms with Crippen molar-refractivity contribution in [2.75, 3.05) is 0 Å². The minimum absolute atomic E-state index is 0. The van der Waals surface area contributed by atoms with Gasteiger partial charge in [0.05, 0.1) is 27.8 Å². The van der Waals surface area contributed by atoms with Gasteiger partial charge in [0.1, 0.15) is 0 Å².